The molecule has 2 aliphatic rings. The summed E-state index contributed by atoms with van der Waals surface area (Å²) in [5.41, 5.74) is 1.19. The number of anilines is 1. The zero-order chi connectivity index (χ0) is 14.1. The van der Waals surface area contributed by atoms with E-state index in [0.29, 0.717) is 5.69 Å². The molecule has 5 nitrogen and oxygen atoms in total. The normalized spacial score (nSPS) is 21.8. The van der Waals surface area contributed by atoms with E-state index < -0.39 is 4.92 Å². The zero-order valence-electron chi connectivity index (χ0n) is 11.3. The topological polar surface area (TPSA) is 72.2 Å². The first kappa shape index (κ1) is 13.1. The lowest BCUT2D eigenvalue weighted by atomic mass is 9.90. The van der Waals surface area contributed by atoms with Crippen molar-refractivity contribution in [2.75, 3.05) is 5.32 Å². The first-order valence-electron chi connectivity index (χ1n) is 7.25. The van der Waals surface area contributed by atoms with E-state index in [1.54, 1.807) is 6.07 Å². The summed E-state index contributed by atoms with van der Waals surface area (Å²) in [6, 6.07) is 4.94. The Hall–Kier alpha value is -1.91. The van der Waals surface area contributed by atoms with Crippen LogP contribution in [-0.2, 0) is 4.79 Å². The van der Waals surface area contributed by atoms with E-state index in [1.807, 2.05) is 6.07 Å². The van der Waals surface area contributed by atoms with Gasteiger partial charge in [0.2, 0.25) is 5.91 Å². The van der Waals surface area contributed by atoms with Crippen molar-refractivity contribution >= 4 is 17.3 Å². The number of nitrogens with zero attached hydrogens (tertiary/aromatic N) is 1. The summed E-state index contributed by atoms with van der Waals surface area (Å²) in [6.45, 7) is 0. The third-order valence-corrected chi connectivity index (χ3v) is 4.55. The molecule has 0 radical (unpaired) electrons. The van der Waals surface area contributed by atoms with E-state index >= 15 is 0 Å². The number of carbonyl (C=O) groups is 1. The first-order chi connectivity index (χ1) is 9.66. The minimum absolute atomic E-state index is 0.000726. The van der Waals surface area contributed by atoms with Crippen LogP contribution in [0.2, 0.25) is 0 Å². The number of rotatable bonds is 4. The van der Waals surface area contributed by atoms with Crippen LogP contribution in [0.4, 0.5) is 11.4 Å². The molecule has 1 aromatic carbocycles. The fourth-order valence-electron chi connectivity index (χ4n) is 3.48. The largest absolute Gasteiger partial charge is 0.320 e. The SMILES string of the molecule is O=C1Nc2c(cccc2[N+](=O)[O-])C1CCC1CCCC1. The number of carbonyl (C=O) groups excluding carboxylic acids is 1. The van der Waals surface area contributed by atoms with Gasteiger partial charge in [0.05, 0.1) is 10.8 Å². The molecular weight excluding hydrogens is 256 g/mol. The summed E-state index contributed by atoms with van der Waals surface area (Å²) in [7, 11) is 0. The van der Waals surface area contributed by atoms with Crippen LogP contribution in [0.25, 0.3) is 0 Å². The van der Waals surface area contributed by atoms with E-state index in [1.165, 1.54) is 31.7 Å². The fourth-order valence-corrected chi connectivity index (χ4v) is 3.48. The van der Waals surface area contributed by atoms with E-state index in [2.05, 4.69) is 5.32 Å². The van der Waals surface area contributed by atoms with Gasteiger partial charge in [0.15, 0.2) is 0 Å². The van der Waals surface area contributed by atoms with Crippen molar-refractivity contribution in [1.82, 2.24) is 0 Å². The van der Waals surface area contributed by atoms with Crippen LogP contribution in [0.3, 0.4) is 0 Å². The predicted octanol–water partition coefficient (Wildman–Crippen LogP) is 3.60. The first-order valence-corrected chi connectivity index (χ1v) is 7.25. The number of nitrogens with one attached hydrogen (secondary N) is 1. The van der Waals surface area contributed by atoms with Crippen molar-refractivity contribution in [3.8, 4) is 0 Å². The van der Waals surface area contributed by atoms with Gasteiger partial charge in [0.25, 0.3) is 5.69 Å². The van der Waals surface area contributed by atoms with Crippen molar-refractivity contribution < 1.29 is 9.72 Å². The second kappa shape index (κ2) is 5.23. The highest BCUT2D eigenvalue weighted by Crippen LogP contribution is 2.42. The lowest BCUT2D eigenvalue weighted by molar-refractivity contribution is -0.383. The molecule has 106 valence electrons. The molecule has 1 aromatic rings. The van der Waals surface area contributed by atoms with E-state index in [0.717, 1.165) is 24.3 Å². The lowest BCUT2D eigenvalue weighted by Gasteiger charge is -2.12. The van der Waals surface area contributed by atoms with Gasteiger partial charge in [0.1, 0.15) is 5.69 Å². The van der Waals surface area contributed by atoms with Gasteiger partial charge in [-0.05, 0) is 24.3 Å². The maximum absolute atomic E-state index is 12.1. The average Bonchev–Trinajstić information content (AvgIpc) is 3.02. The van der Waals surface area contributed by atoms with Crippen LogP contribution in [0, 0.1) is 16.0 Å². The number of nitro benzene ring substituents is 1. The molecular formula is C15H18N2O3. The Balaban J connectivity index is 1.79. The monoisotopic (exact) mass is 274 g/mol. The number of para-hydroxylation sites is 1. The molecule has 1 heterocycles. The van der Waals surface area contributed by atoms with Crippen LogP contribution in [0.15, 0.2) is 18.2 Å². The fraction of sp³-hybridized carbons (Fsp3) is 0.533. The maximum atomic E-state index is 12.1. The number of amides is 1. The smallest absolute Gasteiger partial charge is 0.293 e. The molecule has 1 saturated carbocycles. The van der Waals surface area contributed by atoms with Gasteiger partial charge in [0, 0.05) is 6.07 Å². The van der Waals surface area contributed by atoms with E-state index in [4.69, 9.17) is 0 Å². The van der Waals surface area contributed by atoms with E-state index in [-0.39, 0.29) is 17.5 Å². The third-order valence-electron chi connectivity index (χ3n) is 4.55. The van der Waals surface area contributed by atoms with Gasteiger partial charge in [-0.2, -0.15) is 0 Å². The minimum atomic E-state index is -0.432. The molecule has 0 saturated heterocycles. The molecule has 1 aliphatic carbocycles. The molecule has 1 N–H and O–H groups in total. The standard InChI is InChI=1S/C15H18N2O3/c18-15-12(9-8-10-4-1-2-5-10)11-6-3-7-13(17(19)20)14(11)16-15/h3,6-7,10,12H,1-2,4-5,8-9H2,(H,16,18). The predicted molar refractivity (Wildman–Crippen MR) is 75.7 cm³/mol. The molecule has 3 rings (SSSR count). The summed E-state index contributed by atoms with van der Waals surface area (Å²) in [5.74, 6) is 0.420. The Kier molecular flexibility index (Phi) is 3.42. The second-order valence-corrected chi connectivity index (χ2v) is 5.77. The molecule has 1 amide bonds. The van der Waals surface area contributed by atoms with Crippen LogP contribution < -0.4 is 5.32 Å². The molecule has 0 spiro atoms. The molecule has 0 aromatic heterocycles. The molecule has 1 unspecified atom stereocenters. The summed E-state index contributed by atoms with van der Waals surface area (Å²) >= 11 is 0. The Labute approximate surface area is 117 Å². The van der Waals surface area contributed by atoms with Gasteiger partial charge >= 0.3 is 0 Å². The molecule has 5 heteroatoms. The Morgan fingerprint density at radius 1 is 1.25 bits per heavy atom. The third kappa shape index (κ3) is 2.28. The summed E-state index contributed by atoms with van der Waals surface area (Å²) in [5, 5.41) is 13.7. The van der Waals surface area contributed by atoms with Crippen molar-refractivity contribution in [2.24, 2.45) is 5.92 Å². The highest BCUT2D eigenvalue weighted by atomic mass is 16.6. The lowest BCUT2D eigenvalue weighted by Crippen LogP contribution is -2.13. The van der Waals surface area contributed by atoms with Gasteiger partial charge < -0.3 is 5.32 Å². The van der Waals surface area contributed by atoms with Gasteiger partial charge in [-0.3, -0.25) is 14.9 Å². The van der Waals surface area contributed by atoms with Crippen molar-refractivity contribution in [3.05, 3.63) is 33.9 Å². The van der Waals surface area contributed by atoms with Crippen LogP contribution in [-0.4, -0.2) is 10.8 Å². The molecule has 20 heavy (non-hydrogen) atoms. The molecule has 0 bridgehead atoms. The van der Waals surface area contributed by atoms with Crippen LogP contribution in [0.5, 0.6) is 0 Å². The van der Waals surface area contributed by atoms with Gasteiger partial charge in [-0.15, -0.1) is 0 Å². The minimum Gasteiger partial charge on any atom is -0.320 e. The van der Waals surface area contributed by atoms with Gasteiger partial charge in [-0.25, -0.2) is 0 Å². The summed E-state index contributed by atoms with van der Waals surface area (Å²) < 4.78 is 0. The van der Waals surface area contributed by atoms with Crippen LogP contribution in [0.1, 0.15) is 50.0 Å². The van der Waals surface area contributed by atoms with E-state index in [9.17, 15) is 14.9 Å². The Morgan fingerprint density at radius 2 is 2.00 bits per heavy atom. The number of benzene rings is 1. The summed E-state index contributed by atoms with van der Waals surface area (Å²) in [6.07, 6.45) is 6.95. The molecule has 1 atom stereocenters. The second-order valence-electron chi connectivity index (χ2n) is 5.77. The molecule has 1 fully saturated rings. The average molecular weight is 274 g/mol. The summed E-state index contributed by atoms with van der Waals surface area (Å²) in [4.78, 5) is 22.6. The molecule has 1 aliphatic heterocycles. The Morgan fingerprint density at radius 3 is 2.70 bits per heavy atom. The number of hydrogen-bond acceptors (Lipinski definition) is 3. The highest BCUT2D eigenvalue weighted by Gasteiger charge is 2.35. The Bertz CT molecular complexity index is 550. The van der Waals surface area contributed by atoms with Crippen molar-refractivity contribution in [3.63, 3.8) is 0 Å². The maximum Gasteiger partial charge on any atom is 0.293 e. The van der Waals surface area contributed by atoms with Crippen molar-refractivity contribution in [1.29, 1.82) is 0 Å². The van der Waals surface area contributed by atoms with Crippen molar-refractivity contribution in [2.45, 2.75) is 44.4 Å². The number of hydrogen-bond donors (Lipinski definition) is 1. The van der Waals surface area contributed by atoms with Gasteiger partial charge in [-0.1, -0.05) is 37.8 Å². The zero-order valence-corrected chi connectivity index (χ0v) is 11.3. The number of nitro groups is 1. The number of fused-ring (bicyclic) bond motifs is 1. The highest BCUT2D eigenvalue weighted by molar-refractivity contribution is 6.05. The quantitative estimate of drug-likeness (QED) is 0.673. The van der Waals surface area contributed by atoms with Crippen LogP contribution >= 0.6 is 0 Å².